The molecule has 10 nitrogen and oxygen atoms in total. The predicted molar refractivity (Wildman–Crippen MR) is 128 cm³/mol. The molecule has 1 aliphatic heterocycles. The van der Waals surface area contributed by atoms with Crippen LogP contribution in [0.5, 0.6) is 0 Å². The van der Waals surface area contributed by atoms with Crippen molar-refractivity contribution in [2.24, 2.45) is 5.11 Å². The third-order valence-electron chi connectivity index (χ3n) is 6.40. The molecule has 0 aliphatic carbocycles. The highest BCUT2D eigenvalue weighted by Gasteiger charge is 2.39. The van der Waals surface area contributed by atoms with E-state index in [0.717, 1.165) is 32.7 Å². The molecule has 4 heterocycles. The number of hydrogen-bond donors (Lipinski definition) is 2. The average molecular weight is 453 g/mol. The van der Waals surface area contributed by atoms with Gasteiger partial charge < -0.3 is 9.72 Å². The normalized spacial score (nSPS) is 20.2. The van der Waals surface area contributed by atoms with E-state index in [4.69, 9.17) is 9.72 Å². The SMILES string of the molecule is Cc1cn([C@H]2C[C@H](N=[N+]=[N-])[C@@H](c3nc4ccccc4c4c3[nH]c3ccccc34)O2)c(=O)[nH]c1=O. The van der Waals surface area contributed by atoms with E-state index in [1.54, 1.807) is 6.92 Å². The first kappa shape index (κ1) is 20.2. The Morgan fingerprint density at radius 3 is 2.71 bits per heavy atom. The molecule has 34 heavy (non-hydrogen) atoms. The van der Waals surface area contributed by atoms with Gasteiger partial charge in [0.05, 0.1) is 22.8 Å². The third-order valence-corrected chi connectivity index (χ3v) is 6.40. The first-order valence-corrected chi connectivity index (χ1v) is 10.9. The summed E-state index contributed by atoms with van der Waals surface area (Å²) in [6.45, 7) is 1.62. The van der Waals surface area contributed by atoms with Crippen LogP contribution in [0.25, 0.3) is 43.2 Å². The monoisotopic (exact) mass is 453 g/mol. The lowest BCUT2D eigenvalue weighted by molar-refractivity contribution is -0.00516. The minimum atomic E-state index is -0.726. The van der Waals surface area contributed by atoms with Crippen molar-refractivity contribution in [1.29, 1.82) is 0 Å². The Bertz CT molecular complexity index is 1760. The number of azide groups is 1. The molecule has 0 spiro atoms. The van der Waals surface area contributed by atoms with Crippen molar-refractivity contribution < 1.29 is 4.74 Å². The second-order valence-electron chi connectivity index (χ2n) is 8.43. The molecule has 2 N–H and O–H groups in total. The number of benzene rings is 2. The molecule has 6 rings (SSSR count). The number of rotatable bonds is 3. The molecule has 1 fully saturated rings. The summed E-state index contributed by atoms with van der Waals surface area (Å²) in [5, 5.41) is 7.05. The Kier molecular flexibility index (Phi) is 4.51. The lowest BCUT2D eigenvalue weighted by Crippen LogP contribution is -2.33. The quantitative estimate of drug-likeness (QED) is 0.238. The maximum atomic E-state index is 12.5. The first-order chi connectivity index (χ1) is 16.5. The zero-order valence-electron chi connectivity index (χ0n) is 18.1. The van der Waals surface area contributed by atoms with Crippen LogP contribution < -0.4 is 11.2 Å². The van der Waals surface area contributed by atoms with Gasteiger partial charge in [-0.2, -0.15) is 0 Å². The number of H-pyrrole nitrogens is 2. The van der Waals surface area contributed by atoms with Gasteiger partial charge in [-0.15, -0.1) is 0 Å². The van der Waals surface area contributed by atoms with Crippen LogP contribution in [0, 0.1) is 6.92 Å². The fraction of sp³-hybridized carbons (Fsp3) is 0.208. The molecular formula is C24H19N7O3. The number of nitrogens with zero attached hydrogens (tertiary/aromatic N) is 5. The summed E-state index contributed by atoms with van der Waals surface area (Å²) >= 11 is 0. The standard InChI is InChI=1S/C24H19N7O3/c1-12-11-31(24(33)28-23(12)32)18-10-17(29-30-25)22(34-18)21-20-19(13-6-2-4-8-15(13)26-20)14-7-3-5-9-16(14)27-21/h2-9,11,17-18,22,26H,10H2,1H3,(H,28,32,33)/t17-,18+,22-/m0/s1. The van der Waals surface area contributed by atoms with Gasteiger partial charge in [0.25, 0.3) is 5.56 Å². The Morgan fingerprint density at radius 1 is 1.12 bits per heavy atom. The Morgan fingerprint density at radius 2 is 1.88 bits per heavy atom. The summed E-state index contributed by atoms with van der Waals surface area (Å²) in [5.41, 5.74) is 11.8. The molecule has 3 atom stereocenters. The van der Waals surface area contributed by atoms with Crippen LogP contribution in [-0.4, -0.2) is 25.6 Å². The number of pyridine rings is 1. The minimum absolute atomic E-state index is 0.260. The predicted octanol–water partition coefficient (Wildman–Crippen LogP) is 4.37. The van der Waals surface area contributed by atoms with Crippen LogP contribution in [0.15, 0.2) is 69.4 Å². The van der Waals surface area contributed by atoms with Gasteiger partial charge in [0.1, 0.15) is 12.3 Å². The van der Waals surface area contributed by atoms with Crippen molar-refractivity contribution in [1.82, 2.24) is 19.5 Å². The molecule has 5 aromatic rings. The van der Waals surface area contributed by atoms with Crippen molar-refractivity contribution in [2.75, 3.05) is 0 Å². The maximum absolute atomic E-state index is 12.5. The van der Waals surface area contributed by atoms with E-state index >= 15 is 0 Å². The summed E-state index contributed by atoms with van der Waals surface area (Å²) in [6.07, 6.45) is 0.306. The van der Waals surface area contributed by atoms with Crippen LogP contribution >= 0.6 is 0 Å². The van der Waals surface area contributed by atoms with E-state index in [1.807, 2.05) is 42.5 Å². The maximum Gasteiger partial charge on any atom is 0.330 e. The molecule has 2 aromatic carbocycles. The van der Waals surface area contributed by atoms with Gasteiger partial charge in [-0.1, -0.05) is 41.5 Å². The first-order valence-electron chi connectivity index (χ1n) is 10.9. The van der Waals surface area contributed by atoms with Crippen LogP contribution in [0.3, 0.4) is 0 Å². The van der Waals surface area contributed by atoms with Crippen molar-refractivity contribution >= 4 is 32.7 Å². The van der Waals surface area contributed by atoms with Gasteiger partial charge in [0, 0.05) is 44.8 Å². The van der Waals surface area contributed by atoms with E-state index in [2.05, 4.69) is 26.1 Å². The van der Waals surface area contributed by atoms with Crippen LogP contribution in [-0.2, 0) is 4.74 Å². The van der Waals surface area contributed by atoms with E-state index < -0.39 is 29.6 Å². The van der Waals surface area contributed by atoms with Crippen molar-refractivity contribution in [2.45, 2.75) is 31.7 Å². The summed E-state index contributed by atoms with van der Waals surface area (Å²) in [4.78, 5) is 38.0. The van der Waals surface area contributed by atoms with Crippen molar-refractivity contribution in [3.63, 3.8) is 0 Å². The van der Waals surface area contributed by atoms with Gasteiger partial charge in [-0.25, -0.2) is 9.78 Å². The molecule has 1 aliphatic rings. The highest BCUT2D eigenvalue weighted by molar-refractivity contribution is 6.19. The molecule has 0 radical (unpaired) electrons. The molecule has 1 saturated heterocycles. The lowest BCUT2D eigenvalue weighted by Gasteiger charge is -2.18. The zero-order chi connectivity index (χ0) is 23.4. The Labute approximate surface area is 191 Å². The number of aromatic nitrogens is 4. The Balaban J connectivity index is 1.58. The number of nitrogens with one attached hydrogen (secondary N) is 2. The van der Waals surface area contributed by atoms with Gasteiger partial charge in [-0.05, 0) is 24.6 Å². The number of fused-ring (bicyclic) bond motifs is 5. The van der Waals surface area contributed by atoms with E-state index in [0.29, 0.717) is 11.3 Å². The largest absolute Gasteiger partial charge is 0.353 e. The molecule has 3 aromatic heterocycles. The van der Waals surface area contributed by atoms with Crippen molar-refractivity contribution in [3.8, 4) is 0 Å². The average Bonchev–Trinajstić information content (AvgIpc) is 3.43. The topological polar surface area (TPSA) is 142 Å². The molecular weight excluding hydrogens is 434 g/mol. The molecule has 168 valence electrons. The smallest absolute Gasteiger partial charge is 0.330 e. The van der Waals surface area contributed by atoms with Gasteiger partial charge in [0.15, 0.2) is 0 Å². The molecule has 0 unspecified atom stereocenters. The number of para-hydroxylation sites is 2. The van der Waals surface area contributed by atoms with Gasteiger partial charge in [-0.3, -0.25) is 14.3 Å². The highest BCUT2D eigenvalue weighted by atomic mass is 16.5. The summed E-state index contributed by atoms with van der Waals surface area (Å²) in [6, 6.07) is 15.3. The number of aromatic amines is 2. The van der Waals surface area contributed by atoms with E-state index in [9.17, 15) is 15.1 Å². The fourth-order valence-electron chi connectivity index (χ4n) is 4.83. The zero-order valence-corrected chi connectivity index (χ0v) is 18.1. The van der Waals surface area contributed by atoms with Gasteiger partial charge in [0.2, 0.25) is 0 Å². The second kappa shape index (κ2) is 7.58. The van der Waals surface area contributed by atoms with E-state index in [1.165, 1.54) is 10.8 Å². The lowest BCUT2D eigenvalue weighted by atomic mass is 10.0. The highest BCUT2D eigenvalue weighted by Crippen LogP contribution is 2.43. The number of aryl methyl sites for hydroxylation is 1. The molecule has 0 amide bonds. The van der Waals surface area contributed by atoms with Crippen LogP contribution in [0.2, 0.25) is 0 Å². The molecule has 0 bridgehead atoms. The third kappa shape index (κ3) is 3.01. The molecule has 0 saturated carbocycles. The number of hydrogen-bond acceptors (Lipinski definition) is 5. The summed E-state index contributed by atoms with van der Waals surface area (Å²) in [7, 11) is 0. The number of ether oxygens (including phenoxy) is 1. The van der Waals surface area contributed by atoms with E-state index in [-0.39, 0.29) is 6.42 Å². The van der Waals surface area contributed by atoms with Crippen LogP contribution in [0.4, 0.5) is 0 Å². The second-order valence-corrected chi connectivity index (χ2v) is 8.43. The van der Waals surface area contributed by atoms with Crippen molar-refractivity contribution in [3.05, 3.63) is 97.3 Å². The minimum Gasteiger partial charge on any atom is -0.353 e. The summed E-state index contributed by atoms with van der Waals surface area (Å²) in [5.74, 6) is 0. The Hall–Kier alpha value is -4.40. The summed E-state index contributed by atoms with van der Waals surface area (Å²) < 4.78 is 7.65. The van der Waals surface area contributed by atoms with Crippen LogP contribution in [0.1, 0.15) is 30.0 Å². The molecule has 10 heteroatoms. The fourth-order valence-corrected chi connectivity index (χ4v) is 4.83. The van der Waals surface area contributed by atoms with Gasteiger partial charge >= 0.3 is 5.69 Å².